The summed E-state index contributed by atoms with van der Waals surface area (Å²) in [5.74, 6) is -1.39. The first-order chi connectivity index (χ1) is 12.0. The quantitative estimate of drug-likeness (QED) is 0.582. The van der Waals surface area contributed by atoms with Crippen LogP contribution in [0.15, 0.2) is 17.3 Å². The average molecular weight is 373 g/mol. The first-order valence-corrected chi connectivity index (χ1v) is 8.28. The van der Waals surface area contributed by atoms with Crippen molar-refractivity contribution in [1.82, 2.24) is 5.06 Å². The average Bonchev–Trinajstić information content (AvgIpc) is 2.81. The Kier molecular flexibility index (Phi) is 6.97. The Bertz CT molecular complexity index is 611. The van der Waals surface area contributed by atoms with Crippen molar-refractivity contribution in [3.63, 3.8) is 0 Å². The van der Waals surface area contributed by atoms with E-state index >= 15 is 0 Å². The van der Waals surface area contributed by atoms with Gasteiger partial charge in [-0.25, -0.2) is 13.8 Å². The maximum atomic E-state index is 14.5. The van der Waals surface area contributed by atoms with E-state index in [0.717, 1.165) is 0 Å². The van der Waals surface area contributed by atoms with Crippen LogP contribution in [0.4, 0.5) is 20.2 Å². The smallest absolute Gasteiger partial charge is 0.151 e. The van der Waals surface area contributed by atoms with Crippen molar-refractivity contribution < 1.29 is 13.6 Å². The minimum Gasteiger partial charge on any atom is -0.383 e. The van der Waals surface area contributed by atoms with Crippen LogP contribution in [0.5, 0.6) is 0 Å². The topological polar surface area (TPSA) is 83.2 Å². The van der Waals surface area contributed by atoms with Crippen molar-refractivity contribution in [3.05, 3.63) is 28.7 Å². The van der Waals surface area contributed by atoms with Crippen molar-refractivity contribution in [2.24, 2.45) is 10.9 Å². The van der Waals surface area contributed by atoms with Crippen molar-refractivity contribution in [2.45, 2.75) is 13.0 Å². The van der Waals surface area contributed by atoms with E-state index < -0.39 is 17.7 Å². The second kappa shape index (κ2) is 8.97. The molecule has 1 aliphatic rings. The van der Waals surface area contributed by atoms with Crippen LogP contribution < -0.4 is 16.0 Å². The zero-order valence-corrected chi connectivity index (χ0v) is 14.7. The molecule has 7 nitrogen and oxygen atoms in total. The molecule has 0 saturated carbocycles. The summed E-state index contributed by atoms with van der Waals surface area (Å²) in [5, 5.41) is 7.14. The third-order valence-corrected chi connectivity index (χ3v) is 4.03. The summed E-state index contributed by atoms with van der Waals surface area (Å²) in [6, 6.07) is 1.72. The molecule has 1 fully saturated rings. The molecule has 25 heavy (non-hydrogen) atoms. The number of nitrogens with one attached hydrogen (secondary N) is 1. The van der Waals surface area contributed by atoms with Gasteiger partial charge in [0.05, 0.1) is 13.2 Å². The third kappa shape index (κ3) is 5.03. The Morgan fingerprint density at radius 3 is 2.64 bits per heavy atom. The predicted molar refractivity (Wildman–Crippen MR) is 96.6 cm³/mol. The highest BCUT2D eigenvalue weighted by Gasteiger charge is 2.22. The zero-order chi connectivity index (χ0) is 18.4. The summed E-state index contributed by atoms with van der Waals surface area (Å²) in [5.41, 5.74) is 5.48. The second-order valence-corrected chi connectivity index (χ2v) is 6.20. The second-order valence-electron chi connectivity index (χ2n) is 5.61. The van der Waals surface area contributed by atoms with Crippen LogP contribution in [0.1, 0.15) is 6.92 Å². The molecule has 0 aromatic heterocycles. The molecule has 1 aromatic carbocycles. The van der Waals surface area contributed by atoms with Crippen LogP contribution in [0.25, 0.3) is 0 Å². The summed E-state index contributed by atoms with van der Waals surface area (Å²) in [4.78, 5) is 18.1. The SMILES string of the molecule is CC(=S)N1CCN(c2c(F)cc(NCC(CN)N=O)cc2F)CCO1. The lowest BCUT2D eigenvalue weighted by Crippen LogP contribution is -2.33. The number of hydroxylamine groups is 2. The fourth-order valence-electron chi connectivity index (χ4n) is 2.49. The summed E-state index contributed by atoms with van der Waals surface area (Å²) in [6.45, 7) is 3.30. The van der Waals surface area contributed by atoms with Gasteiger partial charge in [0.2, 0.25) is 0 Å². The number of hydrogen-bond acceptors (Lipinski definition) is 7. The van der Waals surface area contributed by atoms with Gasteiger partial charge in [-0.1, -0.05) is 17.4 Å². The van der Waals surface area contributed by atoms with Crippen LogP contribution in [0, 0.1) is 16.5 Å². The molecule has 1 saturated heterocycles. The molecular formula is C15H21F2N5O2S. The van der Waals surface area contributed by atoms with Gasteiger partial charge in [0, 0.05) is 31.9 Å². The minimum atomic E-state index is -0.696. The largest absolute Gasteiger partial charge is 0.383 e. The van der Waals surface area contributed by atoms with Gasteiger partial charge >= 0.3 is 0 Å². The van der Waals surface area contributed by atoms with E-state index in [1.54, 1.807) is 16.9 Å². The summed E-state index contributed by atoms with van der Waals surface area (Å²) < 4.78 is 28.9. The molecule has 2 rings (SSSR count). The number of hydrogen-bond donors (Lipinski definition) is 2. The van der Waals surface area contributed by atoms with Crippen LogP contribution >= 0.6 is 12.2 Å². The number of rotatable bonds is 6. The molecule has 1 unspecified atom stereocenters. The number of anilines is 2. The zero-order valence-electron chi connectivity index (χ0n) is 13.9. The van der Waals surface area contributed by atoms with E-state index in [4.69, 9.17) is 22.8 Å². The van der Waals surface area contributed by atoms with Crippen LogP contribution in [-0.4, -0.2) is 55.4 Å². The van der Waals surface area contributed by atoms with Gasteiger partial charge in [0.15, 0.2) is 11.6 Å². The molecule has 3 N–H and O–H groups in total. The standard InChI is InChI=1S/C15H21F2N5O2S/c1-10(25)22-3-2-21(4-5-24-22)15-13(16)6-11(7-14(15)17)19-9-12(8-18)20-23/h6-7,12,19H,2-5,8-9,18H2,1H3. The Balaban J connectivity index is 2.11. The lowest BCUT2D eigenvalue weighted by molar-refractivity contribution is -0.0835. The highest BCUT2D eigenvalue weighted by Crippen LogP contribution is 2.27. The van der Waals surface area contributed by atoms with E-state index in [2.05, 4.69) is 10.5 Å². The number of benzene rings is 1. The van der Waals surface area contributed by atoms with Gasteiger partial charge in [0.25, 0.3) is 0 Å². The van der Waals surface area contributed by atoms with E-state index in [0.29, 0.717) is 24.6 Å². The van der Waals surface area contributed by atoms with Gasteiger partial charge in [-0.2, -0.15) is 4.91 Å². The van der Waals surface area contributed by atoms with E-state index in [1.807, 2.05) is 0 Å². The number of nitrogens with two attached hydrogens (primary N) is 1. The van der Waals surface area contributed by atoms with Crippen LogP contribution in [-0.2, 0) is 4.84 Å². The Hall–Kier alpha value is -1.91. The Morgan fingerprint density at radius 1 is 1.40 bits per heavy atom. The predicted octanol–water partition coefficient (Wildman–Crippen LogP) is 1.87. The minimum absolute atomic E-state index is 0.0586. The highest BCUT2D eigenvalue weighted by molar-refractivity contribution is 7.80. The molecule has 0 spiro atoms. The molecule has 0 amide bonds. The molecule has 0 bridgehead atoms. The first-order valence-electron chi connectivity index (χ1n) is 7.87. The van der Waals surface area contributed by atoms with Crippen molar-refractivity contribution in [1.29, 1.82) is 0 Å². The normalized spacial score (nSPS) is 16.3. The van der Waals surface area contributed by atoms with Gasteiger partial charge in [-0.3, -0.25) is 4.84 Å². The van der Waals surface area contributed by atoms with E-state index in [1.165, 1.54) is 12.1 Å². The van der Waals surface area contributed by atoms with Gasteiger partial charge in [-0.05, 0) is 19.1 Å². The molecule has 1 heterocycles. The molecular weight excluding hydrogens is 352 g/mol. The molecule has 0 radical (unpaired) electrons. The number of nitroso groups, excluding NO2 is 1. The van der Waals surface area contributed by atoms with Gasteiger partial charge in [0.1, 0.15) is 16.7 Å². The summed E-state index contributed by atoms with van der Waals surface area (Å²) in [6.07, 6.45) is 0. The lowest BCUT2D eigenvalue weighted by atomic mass is 10.2. The third-order valence-electron chi connectivity index (χ3n) is 3.83. The highest BCUT2D eigenvalue weighted by atomic mass is 32.1. The molecule has 0 aliphatic carbocycles. The monoisotopic (exact) mass is 373 g/mol. The van der Waals surface area contributed by atoms with Crippen molar-refractivity contribution >= 4 is 28.6 Å². The van der Waals surface area contributed by atoms with E-state index in [9.17, 15) is 13.7 Å². The molecule has 1 aromatic rings. The molecule has 1 atom stereocenters. The number of thiocarbonyl (C=S) groups is 1. The molecule has 1 aliphatic heterocycles. The maximum absolute atomic E-state index is 14.5. The fourth-order valence-corrected chi connectivity index (χ4v) is 2.63. The van der Waals surface area contributed by atoms with Crippen molar-refractivity contribution in [3.8, 4) is 0 Å². The van der Waals surface area contributed by atoms with Gasteiger partial charge in [-0.15, -0.1) is 0 Å². The van der Waals surface area contributed by atoms with Gasteiger partial charge < -0.3 is 16.0 Å². The summed E-state index contributed by atoms with van der Waals surface area (Å²) >= 11 is 5.06. The van der Waals surface area contributed by atoms with Crippen LogP contribution in [0.3, 0.4) is 0 Å². The molecule has 138 valence electrons. The Morgan fingerprint density at radius 2 is 2.08 bits per heavy atom. The molecule has 10 heteroatoms. The van der Waals surface area contributed by atoms with E-state index in [-0.39, 0.29) is 31.1 Å². The Labute approximate surface area is 150 Å². The number of nitrogens with zero attached hydrogens (tertiary/aromatic N) is 3. The van der Waals surface area contributed by atoms with Crippen molar-refractivity contribution in [2.75, 3.05) is 49.5 Å². The first kappa shape index (κ1) is 19.4. The number of halogens is 2. The maximum Gasteiger partial charge on any atom is 0.151 e. The lowest BCUT2D eigenvalue weighted by Gasteiger charge is -2.24. The summed E-state index contributed by atoms with van der Waals surface area (Å²) in [7, 11) is 0. The fraction of sp³-hybridized carbons (Fsp3) is 0.533. The van der Waals surface area contributed by atoms with Crippen LogP contribution in [0.2, 0.25) is 0 Å².